The van der Waals surface area contributed by atoms with E-state index in [1.54, 1.807) is 35.8 Å². The fourth-order valence-electron chi connectivity index (χ4n) is 3.49. The van der Waals surface area contributed by atoms with Gasteiger partial charge in [-0.2, -0.15) is 0 Å². The van der Waals surface area contributed by atoms with Crippen molar-refractivity contribution in [3.63, 3.8) is 0 Å². The third-order valence-electron chi connectivity index (χ3n) is 5.20. The van der Waals surface area contributed by atoms with E-state index in [2.05, 4.69) is 9.97 Å². The minimum Gasteiger partial charge on any atom is -0.332 e. The fraction of sp³-hybridized carbons (Fsp3) is 0.160. The zero-order valence-corrected chi connectivity index (χ0v) is 17.9. The maximum Gasteiger partial charge on any atom is 0.331 e. The van der Waals surface area contributed by atoms with Crippen LogP contribution in [0.3, 0.4) is 0 Å². The van der Waals surface area contributed by atoms with E-state index in [0.29, 0.717) is 19.6 Å². The number of hydrogen-bond donors (Lipinski definition) is 0. The Hall–Kier alpha value is -4.33. The molecule has 3 heterocycles. The Morgan fingerprint density at radius 1 is 0.788 bits per heavy atom. The molecule has 1 amide bonds. The van der Waals surface area contributed by atoms with Crippen LogP contribution in [-0.4, -0.2) is 29.9 Å². The Kier molecular flexibility index (Phi) is 6.84. The molecule has 8 heteroatoms. The lowest BCUT2D eigenvalue weighted by atomic mass is 10.2. The van der Waals surface area contributed by atoms with Crippen LogP contribution in [0.4, 0.5) is 0 Å². The quantitative estimate of drug-likeness (QED) is 0.418. The van der Waals surface area contributed by atoms with E-state index < -0.39 is 11.2 Å². The average Bonchev–Trinajstić information content (AvgIpc) is 2.85. The minimum absolute atomic E-state index is 0.300. The Balaban J connectivity index is 1.59. The van der Waals surface area contributed by atoms with Gasteiger partial charge in [0, 0.05) is 50.1 Å². The Morgan fingerprint density at radius 3 is 2.24 bits per heavy atom. The second-order valence-electron chi connectivity index (χ2n) is 7.60. The number of rotatable bonds is 8. The molecule has 3 aromatic heterocycles. The van der Waals surface area contributed by atoms with Crippen LogP contribution in [0.25, 0.3) is 0 Å². The van der Waals surface area contributed by atoms with Crippen molar-refractivity contribution in [3.8, 4) is 0 Å². The molecule has 0 spiro atoms. The lowest BCUT2D eigenvalue weighted by Gasteiger charge is -2.23. The molecule has 0 aliphatic heterocycles. The highest BCUT2D eigenvalue weighted by Gasteiger charge is 2.18. The molecule has 0 saturated carbocycles. The number of carbonyl (C=O) groups excluding carboxylic acids is 1. The van der Waals surface area contributed by atoms with Crippen molar-refractivity contribution in [1.29, 1.82) is 0 Å². The highest BCUT2D eigenvalue weighted by molar-refractivity contribution is 5.76. The van der Waals surface area contributed by atoms with Gasteiger partial charge in [0.2, 0.25) is 5.91 Å². The van der Waals surface area contributed by atoms with E-state index in [9.17, 15) is 14.4 Å². The van der Waals surface area contributed by atoms with Crippen LogP contribution in [0, 0.1) is 0 Å². The summed E-state index contributed by atoms with van der Waals surface area (Å²) < 4.78 is 2.41. The van der Waals surface area contributed by atoms with Crippen LogP contribution in [0.2, 0.25) is 0 Å². The van der Waals surface area contributed by atoms with E-state index in [-0.39, 0.29) is 12.5 Å². The molecule has 0 fully saturated rings. The first kappa shape index (κ1) is 21.9. The van der Waals surface area contributed by atoms with Crippen molar-refractivity contribution in [3.05, 3.63) is 129 Å². The van der Waals surface area contributed by atoms with Crippen LogP contribution in [0.5, 0.6) is 0 Å². The summed E-state index contributed by atoms with van der Waals surface area (Å²) in [6.45, 7) is 0.577. The van der Waals surface area contributed by atoms with Crippen molar-refractivity contribution < 1.29 is 4.79 Å². The Bertz CT molecular complexity index is 1280. The number of benzene rings is 1. The second kappa shape index (κ2) is 10.3. The van der Waals surface area contributed by atoms with Crippen molar-refractivity contribution in [2.75, 3.05) is 0 Å². The Labute approximate surface area is 190 Å². The highest BCUT2D eigenvalue weighted by atomic mass is 16.2. The molecule has 33 heavy (non-hydrogen) atoms. The van der Waals surface area contributed by atoms with Gasteiger partial charge in [0.15, 0.2) is 0 Å². The second-order valence-corrected chi connectivity index (χ2v) is 7.60. The molecule has 4 rings (SSSR count). The molecule has 0 saturated heterocycles. The molecule has 0 aliphatic rings. The molecular formula is C25H23N5O3. The summed E-state index contributed by atoms with van der Waals surface area (Å²) in [4.78, 5) is 48.5. The summed E-state index contributed by atoms with van der Waals surface area (Å²) in [6.07, 6.45) is 8.13. The summed E-state index contributed by atoms with van der Waals surface area (Å²) >= 11 is 0. The summed E-state index contributed by atoms with van der Waals surface area (Å²) in [5.74, 6) is -0.340. The van der Waals surface area contributed by atoms with E-state index in [1.165, 1.54) is 16.8 Å². The van der Waals surface area contributed by atoms with Gasteiger partial charge in [0.1, 0.15) is 6.54 Å². The first-order valence-electron chi connectivity index (χ1n) is 10.5. The third kappa shape index (κ3) is 5.68. The van der Waals surface area contributed by atoms with Crippen LogP contribution < -0.4 is 11.2 Å². The number of hydrogen-bond acceptors (Lipinski definition) is 5. The van der Waals surface area contributed by atoms with E-state index >= 15 is 0 Å². The van der Waals surface area contributed by atoms with Gasteiger partial charge < -0.3 is 4.90 Å². The molecule has 0 aliphatic carbocycles. The number of amides is 1. The van der Waals surface area contributed by atoms with Crippen molar-refractivity contribution in [1.82, 2.24) is 24.0 Å². The van der Waals surface area contributed by atoms with Gasteiger partial charge in [-0.25, -0.2) is 4.79 Å². The zero-order chi connectivity index (χ0) is 23.0. The lowest BCUT2D eigenvalue weighted by Crippen LogP contribution is -2.44. The lowest BCUT2D eigenvalue weighted by molar-refractivity contribution is -0.133. The molecule has 0 bridgehead atoms. The highest BCUT2D eigenvalue weighted by Crippen LogP contribution is 2.10. The van der Waals surface area contributed by atoms with E-state index in [0.717, 1.165) is 21.3 Å². The Morgan fingerprint density at radius 2 is 1.52 bits per heavy atom. The first-order chi connectivity index (χ1) is 16.1. The SMILES string of the molecule is O=C(Cn1c(=O)ccn(Cc2ccccc2)c1=O)N(Cc1ccncc1)Cc1cccnc1. The van der Waals surface area contributed by atoms with Gasteiger partial charge in [-0.05, 0) is 34.9 Å². The molecule has 8 nitrogen and oxygen atoms in total. The van der Waals surface area contributed by atoms with Crippen LogP contribution in [0.1, 0.15) is 16.7 Å². The zero-order valence-electron chi connectivity index (χ0n) is 17.9. The third-order valence-corrected chi connectivity index (χ3v) is 5.20. The molecule has 0 radical (unpaired) electrons. The maximum absolute atomic E-state index is 13.3. The number of pyridine rings is 2. The van der Waals surface area contributed by atoms with Crippen molar-refractivity contribution in [2.45, 2.75) is 26.2 Å². The maximum atomic E-state index is 13.3. The molecule has 1 aromatic carbocycles. The standard InChI is InChI=1S/C25H23N5O3/c31-23-10-14-28(16-20-5-2-1-3-6-20)25(33)30(23)19-24(32)29(17-21-8-12-26-13-9-21)18-22-7-4-11-27-15-22/h1-15H,16-19H2. The molecule has 0 N–H and O–H groups in total. The van der Waals surface area contributed by atoms with Gasteiger partial charge in [-0.3, -0.25) is 28.7 Å². The van der Waals surface area contributed by atoms with Gasteiger partial charge in [0.05, 0.1) is 6.54 Å². The van der Waals surface area contributed by atoms with E-state index in [4.69, 9.17) is 0 Å². The van der Waals surface area contributed by atoms with Crippen LogP contribution in [0.15, 0.2) is 101 Å². The first-order valence-corrected chi connectivity index (χ1v) is 10.5. The van der Waals surface area contributed by atoms with Crippen molar-refractivity contribution >= 4 is 5.91 Å². The molecule has 166 valence electrons. The van der Waals surface area contributed by atoms with Crippen LogP contribution in [-0.2, 0) is 31.0 Å². The van der Waals surface area contributed by atoms with Crippen molar-refractivity contribution in [2.24, 2.45) is 0 Å². The van der Waals surface area contributed by atoms with Gasteiger partial charge in [-0.1, -0.05) is 36.4 Å². The predicted octanol–water partition coefficient (Wildman–Crippen LogP) is 2.08. The monoisotopic (exact) mass is 441 g/mol. The molecule has 0 atom stereocenters. The number of carbonyl (C=O) groups is 1. The summed E-state index contributed by atoms with van der Waals surface area (Å²) in [5.41, 5.74) is 1.63. The minimum atomic E-state index is -0.523. The average molecular weight is 441 g/mol. The topological polar surface area (TPSA) is 90.1 Å². The largest absolute Gasteiger partial charge is 0.332 e. The smallest absolute Gasteiger partial charge is 0.331 e. The fourth-order valence-corrected chi connectivity index (χ4v) is 3.49. The van der Waals surface area contributed by atoms with Gasteiger partial charge in [0.25, 0.3) is 5.56 Å². The normalized spacial score (nSPS) is 10.7. The van der Waals surface area contributed by atoms with Gasteiger partial charge >= 0.3 is 5.69 Å². The molecule has 0 unspecified atom stereocenters. The van der Waals surface area contributed by atoms with E-state index in [1.807, 2.05) is 48.5 Å². The number of aromatic nitrogens is 4. The predicted molar refractivity (Wildman–Crippen MR) is 123 cm³/mol. The summed E-state index contributed by atoms with van der Waals surface area (Å²) in [7, 11) is 0. The summed E-state index contributed by atoms with van der Waals surface area (Å²) in [6, 6.07) is 18.1. The molecular weight excluding hydrogens is 418 g/mol. The summed E-state index contributed by atoms with van der Waals surface area (Å²) in [5, 5.41) is 0. The van der Waals surface area contributed by atoms with Gasteiger partial charge in [-0.15, -0.1) is 0 Å². The van der Waals surface area contributed by atoms with Crippen LogP contribution >= 0.6 is 0 Å². The molecule has 4 aromatic rings. The number of nitrogens with zero attached hydrogens (tertiary/aromatic N) is 5.